The van der Waals surface area contributed by atoms with Gasteiger partial charge >= 0.3 is 6.09 Å². The molecular weight excluding hydrogens is 172 g/mol. The molecule has 1 aromatic heterocycles. The Balaban J connectivity index is 2.93. The van der Waals surface area contributed by atoms with Crippen molar-refractivity contribution in [3.63, 3.8) is 0 Å². The molecule has 13 heavy (non-hydrogen) atoms. The lowest BCUT2D eigenvalue weighted by Gasteiger charge is -2.08. The highest BCUT2D eigenvalue weighted by molar-refractivity contribution is 5.82. The highest BCUT2D eigenvalue weighted by atomic mass is 16.4. The zero-order valence-corrected chi connectivity index (χ0v) is 6.80. The van der Waals surface area contributed by atoms with Crippen molar-refractivity contribution in [2.24, 2.45) is 0 Å². The molecule has 1 amide bonds. The second-order valence-corrected chi connectivity index (χ2v) is 2.23. The van der Waals surface area contributed by atoms with Crippen LogP contribution in [0.15, 0.2) is 12.4 Å². The summed E-state index contributed by atoms with van der Waals surface area (Å²) in [7, 11) is 1.32. The molecule has 0 fully saturated rings. The van der Waals surface area contributed by atoms with E-state index in [-0.39, 0.29) is 5.95 Å². The van der Waals surface area contributed by atoms with Crippen molar-refractivity contribution in [1.29, 1.82) is 5.26 Å². The zero-order chi connectivity index (χ0) is 9.84. The van der Waals surface area contributed by atoms with E-state index in [4.69, 9.17) is 10.4 Å². The molecule has 1 rings (SSSR count). The molecule has 0 unspecified atom stereocenters. The van der Waals surface area contributed by atoms with E-state index in [0.29, 0.717) is 5.56 Å². The van der Waals surface area contributed by atoms with Crippen LogP contribution in [0.4, 0.5) is 10.7 Å². The van der Waals surface area contributed by atoms with Gasteiger partial charge in [-0.2, -0.15) is 5.26 Å². The number of nitriles is 1. The van der Waals surface area contributed by atoms with E-state index in [1.165, 1.54) is 19.4 Å². The number of anilines is 1. The van der Waals surface area contributed by atoms with Crippen molar-refractivity contribution >= 4 is 12.0 Å². The summed E-state index contributed by atoms with van der Waals surface area (Å²) in [4.78, 5) is 18.7. The van der Waals surface area contributed by atoms with Crippen molar-refractivity contribution in [3.8, 4) is 6.07 Å². The molecule has 0 aliphatic heterocycles. The Bertz CT molecular complexity index is 354. The van der Waals surface area contributed by atoms with Crippen LogP contribution < -0.4 is 4.90 Å². The van der Waals surface area contributed by atoms with Gasteiger partial charge in [0, 0.05) is 7.05 Å². The molecular formula is C7H6N4O2. The molecule has 6 heteroatoms. The molecule has 1 heterocycles. The Hall–Kier alpha value is -2.16. The van der Waals surface area contributed by atoms with Crippen molar-refractivity contribution in [2.45, 2.75) is 0 Å². The van der Waals surface area contributed by atoms with Gasteiger partial charge in [-0.1, -0.05) is 0 Å². The Morgan fingerprint density at radius 2 is 2.15 bits per heavy atom. The van der Waals surface area contributed by atoms with Crippen LogP contribution in [0.5, 0.6) is 0 Å². The summed E-state index contributed by atoms with van der Waals surface area (Å²) in [6.45, 7) is 0. The summed E-state index contributed by atoms with van der Waals surface area (Å²) in [6.07, 6.45) is 1.38. The minimum absolute atomic E-state index is 0.0477. The van der Waals surface area contributed by atoms with Gasteiger partial charge in [0.15, 0.2) is 0 Å². The van der Waals surface area contributed by atoms with Gasteiger partial charge in [-0.3, -0.25) is 0 Å². The minimum atomic E-state index is -1.15. The lowest BCUT2D eigenvalue weighted by atomic mass is 10.4. The van der Waals surface area contributed by atoms with Gasteiger partial charge in [0.2, 0.25) is 5.95 Å². The first kappa shape index (κ1) is 8.93. The topological polar surface area (TPSA) is 90.1 Å². The van der Waals surface area contributed by atoms with Crippen molar-refractivity contribution in [3.05, 3.63) is 18.0 Å². The van der Waals surface area contributed by atoms with Gasteiger partial charge in [0.05, 0.1) is 18.0 Å². The van der Waals surface area contributed by atoms with E-state index in [2.05, 4.69) is 9.97 Å². The van der Waals surface area contributed by atoms with Gasteiger partial charge in [0.1, 0.15) is 6.07 Å². The van der Waals surface area contributed by atoms with Gasteiger partial charge in [-0.15, -0.1) is 0 Å². The molecule has 0 saturated heterocycles. The average molecular weight is 178 g/mol. The largest absolute Gasteiger partial charge is 0.465 e. The van der Waals surface area contributed by atoms with E-state index >= 15 is 0 Å². The number of amides is 1. The summed E-state index contributed by atoms with van der Waals surface area (Å²) in [5.41, 5.74) is 0.294. The molecule has 0 saturated carbocycles. The molecule has 0 atom stereocenters. The lowest BCUT2D eigenvalue weighted by Crippen LogP contribution is -2.25. The van der Waals surface area contributed by atoms with Crippen LogP contribution in [0.3, 0.4) is 0 Å². The number of nitrogens with zero attached hydrogens (tertiary/aromatic N) is 4. The maximum Gasteiger partial charge on any atom is 0.413 e. The molecule has 0 aliphatic carbocycles. The molecule has 66 valence electrons. The Kier molecular flexibility index (Phi) is 2.40. The molecule has 0 spiro atoms. The number of carbonyl (C=O) groups is 1. The van der Waals surface area contributed by atoms with Crippen LogP contribution in [-0.4, -0.2) is 28.2 Å². The normalized spacial score (nSPS) is 8.92. The maximum absolute atomic E-state index is 10.4. The van der Waals surface area contributed by atoms with Gasteiger partial charge in [0.25, 0.3) is 0 Å². The molecule has 0 radical (unpaired) electrons. The second kappa shape index (κ2) is 3.49. The van der Waals surface area contributed by atoms with Crippen molar-refractivity contribution < 1.29 is 9.90 Å². The molecule has 1 aromatic rings. The highest BCUT2D eigenvalue weighted by Gasteiger charge is 2.10. The highest BCUT2D eigenvalue weighted by Crippen LogP contribution is 2.03. The van der Waals surface area contributed by atoms with Crippen LogP contribution in [0.1, 0.15) is 5.56 Å². The predicted molar refractivity (Wildman–Crippen MR) is 43.2 cm³/mol. The summed E-state index contributed by atoms with van der Waals surface area (Å²) in [6, 6.07) is 1.83. The summed E-state index contributed by atoms with van der Waals surface area (Å²) in [5.74, 6) is 0.0477. The molecule has 6 nitrogen and oxygen atoms in total. The van der Waals surface area contributed by atoms with E-state index in [1.807, 2.05) is 6.07 Å². The molecule has 1 N–H and O–H groups in total. The Morgan fingerprint density at radius 1 is 1.62 bits per heavy atom. The first-order valence-corrected chi connectivity index (χ1v) is 3.34. The number of aromatic nitrogens is 2. The van der Waals surface area contributed by atoms with Crippen molar-refractivity contribution in [1.82, 2.24) is 9.97 Å². The van der Waals surface area contributed by atoms with Gasteiger partial charge < -0.3 is 5.11 Å². The summed E-state index contributed by atoms with van der Waals surface area (Å²) in [5, 5.41) is 17.0. The van der Waals surface area contributed by atoms with Crippen LogP contribution in [-0.2, 0) is 0 Å². The maximum atomic E-state index is 10.4. The fourth-order valence-electron chi connectivity index (χ4n) is 0.638. The monoisotopic (exact) mass is 178 g/mol. The third-order valence-corrected chi connectivity index (χ3v) is 1.35. The van der Waals surface area contributed by atoms with Gasteiger partial charge in [-0.05, 0) is 0 Å². The van der Waals surface area contributed by atoms with Crippen LogP contribution in [0, 0.1) is 11.3 Å². The van der Waals surface area contributed by atoms with Crippen LogP contribution in [0.25, 0.3) is 0 Å². The number of hydrogen-bond acceptors (Lipinski definition) is 4. The standard InChI is InChI=1S/C7H6N4O2/c1-11(7(12)13)6-9-3-5(2-8)4-10-6/h3-4H,1H3,(H,12,13). The smallest absolute Gasteiger partial charge is 0.413 e. The van der Waals surface area contributed by atoms with E-state index in [1.54, 1.807) is 0 Å². The lowest BCUT2D eigenvalue weighted by molar-refractivity contribution is 0.203. The SMILES string of the molecule is CN(C(=O)O)c1ncc(C#N)cn1. The number of rotatable bonds is 1. The number of carboxylic acid groups (broad SMARTS) is 1. The van der Waals surface area contributed by atoms with E-state index in [9.17, 15) is 4.79 Å². The summed E-state index contributed by atoms with van der Waals surface area (Å²) < 4.78 is 0. The first-order chi connectivity index (χ1) is 6.15. The quantitative estimate of drug-likeness (QED) is 0.674. The van der Waals surface area contributed by atoms with Crippen LogP contribution >= 0.6 is 0 Å². The Labute approximate surface area is 74.1 Å². The fourth-order valence-corrected chi connectivity index (χ4v) is 0.638. The third kappa shape index (κ3) is 1.90. The predicted octanol–water partition coefficient (Wildman–Crippen LogP) is 0.462. The third-order valence-electron chi connectivity index (χ3n) is 1.35. The first-order valence-electron chi connectivity index (χ1n) is 3.34. The Morgan fingerprint density at radius 3 is 2.54 bits per heavy atom. The molecule has 0 bridgehead atoms. The fraction of sp³-hybridized carbons (Fsp3) is 0.143. The van der Waals surface area contributed by atoms with Gasteiger partial charge in [-0.25, -0.2) is 19.7 Å². The van der Waals surface area contributed by atoms with E-state index in [0.717, 1.165) is 4.90 Å². The second-order valence-electron chi connectivity index (χ2n) is 2.23. The van der Waals surface area contributed by atoms with E-state index < -0.39 is 6.09 Å². The zero-order valence-electron chi connectivity index (χ0n) is 6.80. The minimum Gasteiger partial charge on any atom is -0.465 e. The molecule has 0 aromatic carbocycles. The summed E-state index contributed by atoms with van der Waals surface area (Å²) >= 11 is 0. The molecule has 0 aliphatic rings. The average Bonchev–Trinajstić information content (AvgIpc) is 2.17. The van der Waals surface area contributed by atoms with Crippen molar-refractivity contribution in [2.75, 3.05) is 11.9 Å². The number of hydrogen-bond donors (Lipinski definition) is 1. The van der Waals surface area contributed by atoms with Crippen LogP contribution in [0.2, 0.25) is 0 Å².